The number of rotatable bonds is 9. The second-order valence-corrected chi connectivity index (χ2v) is 7.24. The zero-order valence-electron chi connectivity index (χ0n) is 15.4. The number of hydrogen-bond donors (Lipinski definition) is 2. The van der Waals surface area contributed by atoms with E-state index < -0.39 is 5.97 Å². The van der Waals surface area contributed by atoms with Crippen LogP contribution >= 0.6 is 0 Å². The zero-order valence-corrected chi connectivity index (χ0v) is 15.4. The van der Waals surface area contributed by atoms with Crippen molar-refractivity contribution >= 4 is 11.9 Å². The van der Waals surface area contributed by atoms with Gasteiger partial charge < -0.3 is 15.2 Å². The van der Waals surface area contributed by atoms with Crippen LogP contribution in [0.25, 0.3) is 0 Å². The number of benzene rings is 2. The second kappa shape index (κ2) is 8.71. The molecule has 2 aromatic carbocycles. The molecular weight excluding hydrogens is 342 g/mol. The lowest BCUT2D eigenvalue weighted by molar-refractivity contribution is -0.138. The average molecular weight is 367 g/mol. The third-order valence-electron chi connectivity index (χ3n) is 4.83. The first-order chi connectivity index (χ1) is 13.0. The van der Waals surface area contributed by atoms with Crippen molar-refractivity contribution in [3.63, 3.8) is 0 Å². The summed E-state index contributed by atoms with van der Waals surface area (Å²) in [5, 5.41) is 11.6. The van der Waals surface area contributed by atoms with Gasteiger partial charge >= 0.3 is 5.97 Å². The Morgan fingerprint density at radius 2 is 1.85 bits per heavy atom. The Morgan fingerprint density at radius 3 is 2.52 bits per heavy atom. The topological polar surface area (TPSA) is 75.6 Å². The van der Waals surface area contributed by atoms with Crippen LogP contribution in [0.2, 0.25) is 0 Å². The number of hydrogen-bond acceptors (Lipinski definition) is 3. The fourth-order valence-corrected chi connectivity index (χ4v) is 3.18. The molecule has 1 amide bonds. The summed E-state index contributed by atoms with van der Waals surface area (Å²) in [6, 6.07) is 17.9. The number of carboxylic acid groups (broad SMARTS) is 1. The number of carboxylic acids is 1. The molecule has 142 valence electrons. The Bertz CT molecular complexity index is 773. The standard InChI is InChI=1S/C22H25NO4/c1-15(11-21(24)25)13-23-22(26)20-12-19(20)17-7-9-18(10-8-17)27-14-16-5-3-2-4-6-16/h2-10,15,19-20H,11-14H2,1H3,(H,23,26)(H,24,25). The Balaban J connectivity index is 1.44. The first kappa shape index (κ1) is 19.0. The Hall–Kier alpha value is -2.82. The zero-order chi connectivity index (χ0) is 19.2. The summed E-state index contributed by atoms with van der Waals surface area (Å²) < 4.78 is 5.79. The fraction of sp³-hybridized carbons (Fsp3) is 0.364. The van der Waals surface area contributed by atoms with Gasteiger partial charge in [-0.15, -0.1) is 0 Å². The number of carbonyl (C=O) groups excluding carboxylic acids is 1. The van der Waals surface area contributed by atoms with Crippen LogP contribution in [0, 0.1) is 11.8 Å². The molecule has 1 fully saturated rings. The maximum Gasteiger partial charge on any atom is 0.303 e. The summed E-state index contributed by atoms with van der Waals surface area (Å²) >= 11 is 0. The van der Waals surface area contributed by atoms with E-state index >= 15 is 0 Å². The van der Waals surface area contributed by atoms with Gasteiger partial charge in [-0.2, -0.15) is 0 Å². The molecule has 0 radical (unpaired) electrons. The van der Waals surface area contributed by atoms with Gasteiger partial charge in [0.25, 0.3) is 0 Å². The first-order valence-electron chi connectivity index (χ1n) is 9.29. The normalized spacial score (nSPS) is 19.1. The van der Waals surface area contributed by atoms with Crippen molar-refractivity contribution in [3.8, 4) is 5.75 Å². The van der Waals surface area contributed by atoms with Gasteiger partial charge in [0, 0.05) is 18.9 Å². The molecule has 5 nitrogen and oxygen atoms in total. The fourth-order valence-electron chi connectivity index (χ4n) is 3.18. The molecule has 0 bridgehead atoms. The molecule has 1 aliphatic carbocycles. The molecule has 2 N–H and O–H groups in total. The third kappa shape index (κ3) is 5.58. The molecule has 27 heavy (non-hydrogen) atoms. The van der Waals surface area contributed by atoms with Crippen LogP contribution in [-0.2, 0) is 16.2 Å². The molecule has 5 heteroatoms. The quantitative estimate of drug-likeness (QED) is 0.710. The largest absolute Gasteiger partial charge is 0.489 e. The molecule has 0 aliphatic heterocycles. The average Bonchev–Trinajstić information content (AvgIpc) is 3.46. The van der Waals surface area contributed by atoms with E-state index in [1.54, 1.807) is 0 Å². The predicted octanol–water partition coefficient (Wildman–Crippen LogP) is 3.60. The van der Waals surface area contributed by atoms with Crippen LogP contribution in [0.1, 0.15) is 36.8 Å². The molecule has 0 heterocycles. The molecule has 0 saturated heterocycles. The molecule has 1 saturated carbocycles. The van der Waals surface area contributed by atoms with Gasteiger partial charge in [-0.1, -0.05) is 49.4 Å². The van der Waals surface area contributed by atoms with E-state index in [2.05, 4.69) is 5.32 Å². The minimum Gasteiger partial charge on any atom is -0.489 e. The van der Waals surface area contributed by atoms with Gasteiger partial charge in [0.1, 0.15) is 12.4 Å². The number of aliphatic carboxylic acids is 1. The lowest BCUT2D eigenvalue weighted by atomic mass is 10.1. The number of nitrogens with one attached hydrogen (secondary N) is 1. The van der Waals surface area contributed by atoms with Gasteiger partial charge in [0.2, 0.25) is 5.91 Å². The molecule has 3 rings (SSSR count). The summed E-state index contributed by atoms with van der Waals surface area (Å²) in [5.74, 6) is 0.148. The van der Waals surface area contributed by atoms with E-state index in [0.717, 1.165) is 23.3 Å². The van der Waals surface area contributed by atoms with Gasteiger partial charge in [-0.3, -0.25) is 9.59 Å². The van der Waals surface area contributed by atoms with E-state index in [-0.39, 0.29) is 30.1 Å². The van der Waals surface area contributed by atoms with Crippen molar-refractivity contribution in [2.75, 3.05) is 6.54 Å². The minimum atomic E-state index is -0.837. The maximum atomic E-state index is 12.2. The van der Waals surface area contributed by atoms with Crippen LogP contribution in [0.4, 0.5) is 0 Å². The highest BCUT2D eigenvalue weighted by Gasteiger charge is 2.43. The SMILES string of the molecule is CC(CNC(=O)C1CC1c1ccc(OCc2ccccc2)cc1)CC(=O)O. The molecule has 1 aliphatic rings. The second-order valence-electron chi connectivity index (χ2n) is 7.24. The predicted molar refractivity (Wildman–Crippen MR) is 102 cm³/mol. The van der Waals surface area contributed by atoms with Crippen molar-refractivity contribution in [1.82, 2.24) is 5.32 Å². The van der Waals surface area contributed by atoms with Crippen molar-refractivity contribution in [1.29, 1.82) is 0 Å². The molecule has 3 unspecified atom stereocenters. The lowest BCUT2D eigenvalue weighted by Crippen LogP contribution is -2.30. The Kier molecular flexibility index (Phi) is 6.12. The van der Waals surface area contributed by atoms with Crippen LogP contribution in [0.15, 0.2) is 54.6 Å². The number of amides is 1. The first-order valence-corrected chi connectivity index (χ1v) is 9.29. The van der Waals surface area contributed by atoms with Gasteiger partial charge in [0.05, 0.1) is 0 Å². The van der Waals surface area contributed by atoms with E-state index in [4.69, 9.17) is 9.84 Å². The summed E-state index contributed by atoms with van der Waals surface area (Å²) in [4.78, 5) is 22.9. The highest BCUT2D eigenvalue weighted by molar-refractivity contribution is 5.83. The number of carbonyl (C=O) groups is 2. The van der Waals surface area contributed by atoms with Crippen LogP contribution < -0.4 is 10.1 Å². The molecule has 3 atom stereocenters. The molecule has 0 aromatic heterocycles. The van der Waals surface area contributed by atoms with E-state index in [1.165, 1.54) is 0 Å². The molecule has 0 spiro atoms. The summed E-state index contributed by atoms with van der Waals surface area (Å²) in [7, 11) is 0. The third-order valence-corrected chi connectivity index (χ3v) is 4.83. The maximum absolute atomic E-state index is 12.2. The van der Waals surface area contributed by atoms with E-state index in [0.29, 0.717) is 13.2 Å². The summed E-state index contributed by atoms with van der Waals surface area (Å²) in [6.45, 7) is 2.76. The van der Waals surface area contributed by atoms with Crippen molar-refractivity contribution in [2.24, 2.45) is 11.8 Å². The van der Waals surface area contributed by atoms with Crippen molar-refractivity contribution in [3.05, 3.63) is 65.7 Å². The molecule has 2 aromatic rings. The van der Waals surface area contributed by atoms with Gasteiger partial charge in [-0.25, -0.2) is 0 Å². The Labute approximate surface area is 159 Å². The van der Waals surface area contributed by atoms with Crippen molar-refractivity contribution in [2.45, 2.75) is 32.3 Å². The number of ether oxygens (including phenoxy) is 1. The monoisotopic (exact) mass is 367 g/mol. The van der Waals surface area contributed by atoms with Gasteiger partial charge in [-0.05, 0) is 41.5 Å². The van der Waals surface area contributed by atoms with Crippen LogP contribution in [0.5, 0.6) is 5.75 Å². The lowest BCUT2D eigenvalue weighted by Gasteiger charge is -2.10. The summed E-state index contributed by atoms with van der Waals surface area (Å²) in [6.07, 6.45) is 0.905. The van der Waals surface area contributed by atoms with Gasteiger partial charge in [0.15, 0.2) is 0 Å². The highest BCUT2D eigenvalue weighted by atomic mass is 16.5. The van der Waals surface area contributed by atoms with Crippen molar-refractivity contribution < 1.29 is 19.4 Å². The highest BCUT2D eigenvalue weighted by Crippen LogP contribution is 2.47. The van der Waals surface area contributed by atoms with E-state index in [9.17, 15) is 9.59 Å². The Morgan fingerprint density at radius 1 is 1.15 bits per heavy atom. The minimum absolute atomic E-state index is 0.0154. The smallest absolute Gasteiger partial charge is 0.303 e. The van der Waals surface area contributed by atoms with Crippen LogP contribution in [0.3, 0.4) is 0 Å². The summed E-state index contributed by atoms with van der Waals surface area (Å²) in [5.41, 5.74) is 2.26. The van der Waals surface area contributed by atoms with E-state index in [1.807, 2.05) is 61.5 Å². The van der Waals surface area contributed by atoms with Crippen LogP contribution in [-0.4, -0.2) is 23.5 Å². The molecular formula is C22H25NO4.